The highest BCUT2D eigenvalue weighted by molar-refractivity contribution is 7.80. The van der Waals surface area contributed by atoms with Gasteiger partial charge in [0.1, 0.15) is 5.70 Å². The maximum absolute atomic E-state index is 12.5. The largest absolute Gasteiger partial charge is 0.328 e. The van der Waals surface area contributed by atoms with Gasteiger partial charge in [0.05, 0.1) is 6.54 Å². The number of thiocarbonyl (C=S) groups is 1. The zero-order valence-corrected chi connectivity index (χ0v) is 13.1. The number of halogens is 1. The predicted octanol–water partition coefficient (Wildman–Crippen LogP) is 2.99. The van der Waals surface area contributed by atoms with Gasteiger partial charge in [-0.15, -0.1) is 0 Å². The molecule has 1 amide bonds. The Bertz CT molecular complexity index is 761. The third-order valence-corrected chi connectivity index (χ3v) is 3.94. The first-order chi connectivity index (χ1) is 10.6. The van der Waals surface area contributed by atoms with Crippen molar-refractivity contribution >= 4 is 40.9 Å². The lowest BCUT2D eigenvalue weighted by molar-refractivity contribution is -0.122. The van der Waals surface area contributed by atoms with Gasteiger partial charge in [-0.1, -0.05) is 35.9 Å². The van der Waals surface area contributed by atoms with Crippen LogP contribution in [0.3, 0.4) is 0 Å². The summed E-state index contributed by atoms with van der Waals surface area (Å²) in [6.45, 7) is 0.342. The molecular weight excluding hydrogens is 318 g/mol. The van der Waals surface area contributed by atoms with Gasteiger partial charge in [0.2, 0.25) is 0 Å². The Balaban J connectivity index is 1.83. The Labute approximate surface area is 138 Å². The van der Waals surface area contributed by atoms with E-state index in [1.54, 1.807) is 24.5 Å². The molecule has 3 rings (SSSR count). The summed E-state index contributed by atoms with van der Waals surface area (Å²) in [6, 6.07) is 11.1. The summed E-state index contributed by atoms with van der Waals surface area (Å²) < 4.78 is 0. The number of rotatable bonds is 3. The molecular formula is C16H12ClN3OS. The van der Waals surface area contributed by atoms with E-state index in [2.05, 4.69) is 10.3 Å². The number of benzene rings is 1. The molecule has 0 atom stereocenters. The number of nitrogens with zero attached hydrogens (tertiary/aromatic N) is 2. The fourth-order valence-electron chi connectivity index (χ4n) is 2.14. The van der Waals surface area contributed by atoms with Crippen LogP contribution in [0.1, 0.15) is 11.1 Å². The maximum Gasteiger partial charge on any atom is 0.276 e. The molecule has 1 N–H and O–H groups in total. The van der Waals surface area contributed by atoms with Crippen LogP contribution in [0.2, 0.25) is 5.02 Å². The summed E-state index contributed by atoms with van der Waals surface area (Å²) in [5, 5.41) is 3.93. The van der Waals surface area contributed by atoms with Crippen LogP contribution in [0.25, 0.3) is 6.08 Å². The van der Waals surface area contributed by atoms with Gasteiger partial charge in [-0.3, -0.25) is 14.7 Å². The van der Waals surface area contributed by atoms with Gasteiger partial charge in [0, 0.05) is 17.4 Å². The second kappa shape index (κ2) is 6.25. The van der Waals surface area contributed by atoms with Crippen LogP contribution in [0.5, 0.6) is 0 Å². The van der Waals surface area contributed by atoms with E-state index in [-0.39, 0.29) is 5.91 Å². The van der Waals surface area contributed by atoms with Gasteiger partial charge >= 0.3 is 0 Å². The molecule has 0 aliphatic carbocycles. The second-order valence-corrected chi connectivity index (χ2v) is 5.55. The maximum atomic E-state index is 12.5. The van der Waals surface area contributed by atoms with Crippen molar-refractivity contribution in [1.82, 2.24) is 15.2 Å². The monoisotopic (exact) mass is 329 g/mol. The van der Waals surface area contributed by atoms with E-state index in [1.165, 1.54) is 4.90 Å². The summed E-state index contributed by atoms with van der Waals surface area (Å²) in [4.78, 5) is 18.0. The lowest BCUT2D eigenvalue weighted by Crippen LogP contribution is -2.30. The minimum absolute atomic E-state index is 0.172. The van der Waals surface area contributed by atoms with Crippen LogP contribution in [0, 0.1) is 0 Å². The highest BCUT2D eigenvalue weighted by atomic mass is 35.5. The third-order valence-electron chi connectivity index (χ3n) is 3.24. The van der Waals surface area contributed by atoms with E-state index in [0.29, 0.717) is 22.4 Å². The Morgan fingerprint density at radius 2 is 2.09 bits per heavy atom. The first-order valence-corrected chi connectivity index (χ1v) is 7.42. The molecule has 6 heteroatoms. The fourth-order valence-corrected chi connectivity index (χ4v) is 2.59. The fraction of sp³-hybridized carbons (Fsp3) is 0.0625. The number of hydrogen-bond donors (Lipinski definition) is 1. The molecule has 0 radical (unpaired) electrons. The van der Waals surface area contributed by atoms with Crippen LogP contribution in [0.15, 0.2) is 54.5 Å². The van der Waals surface area contributed by atoms with E-state index in [1.807, 2.05) is 30.3 Å². The van der Waals surface area contributed by atoms with Crippen molar-refractivity contribution in [1.29, 1.82) is 0 Å². The van der Waals surface area contributed by atoms with Crippen LogP contribution >= 0.6 is 23.8 Å². The molecule has 1 fully saturated rings. The molecule has 2 heterocycles. The molecule has 4 nitrogen and oxygen atoms in total. The molecule has 1 aliphatic heterocycles. The first-order valence-electron chi connectivity index (χ1n) is 6.63. The number of amides is 1. The van der Waals surface area contributed by atoms with Gasteiger partial charge in [-0.25, -0.2) is 0 Å². The van der Waals surface area contributed by atoms with Crippen molar-refractivity contribution in [2.45, 2.75) is 6.54 Å². The van der Waals surface area contributed by atoms with Crippen LogP contribution in [-0.2, 0) is 11.3 Å². The van der Waals surface area contributed by atoms with E-state index in [9.17, 15) is 4.79 Å². The topological polar surface area (TPSA) is 45.2 Å². The van der Waals surface area contributed by atoms with Gasteiger partial charge in [-0.05, 0) is 41.6 Å². The molecule has 2 aromatic rings. The zero-order valence-electron chi connectivity index (χ0n) is 11.5. The Hall–Kier alpha value is -2.24. The van der Waals surface area contributed by atoms with Gasteiger partial charge < -0.3 is 5.32 Å². The summed E-state index contributed by atoms with van der Waals surface area (Å²) in [5.74, 6) is -0.172. The average molecular weight is 330 g/mol. The molecule has 0 bridgehead atoms. The molecule has 22 heavy (non-hydrogen) atoms. The predicted molar refractivity (Wildman–Crippen MR) is 89.9 cm³/mol. The molecule has 1 aromatic heterocycles. The van der Waals surface area contributed by atoms with E-state index in [0.717, 1.165) is 11.1 Å². The van der Waals surface area contributed by atoms with Gasteiger partial charge in [-0.2, -0.15) is 0 Å². The molecule has 1 aliphatic rings. The lowest BCUT2D eigenvalue weighted by Gasteiger charge is -2.14. The SMILES string of the molecule is O=C1/C(=C/c2cccnc2)NC(=S)N1Cc1ccccc1Cl. The summed E-state index contributed by atoms with van der Waals surface area (Å²) in [7, 11) is 0. The summed E-state index contributed by atoms with van der Waals surface area (Å²) >= 11 is 11.4. The van der Waals surface area contributed by atoms with E-state index < -0.39 is 0 Å². The molecule has 1 saturated heterocycles. The van der Waals surface area contributed by atoms with E-state index >= 15 is 0 Å². The quantitative estimate of drug-likeness (QED) is 0.694. The minimum atomic E-state index is -0.172. The summed E-state index contributed by atoms with van der Waals surface area (Å²) in [5.41, 5.74) is 2.12. The van der Waals surface area contributed by atoms with Crippen molar-refractivity contribution < 1.29 is 4.79 Å². The summed E-state index contributed by atoms with van der Waals surface area (Å²) in [6.07, 6.45) is 5.09. The Kier molecular flexibility index (Phi) is 4.18. The molecule has 0 spiro atoms. The zero-order chi connectivity index (χ0) is 15.5. The Morgan fingerprint density at radius 1 is 1.27 bits per heavy atom. The molecule has 0 unspecified atom stereocenters. The second-order valence-electron chi connectivity index (χ2n) is 4.76. The number of hydrogen-bond acceptors (Lipinski definition) is 3. The van der Waals surface area contributed by atoms with Crippen molar-refractivity contribution in [3.8, 4) is 0 Å². The first kappa shape index (κ1) is 14.7. The molecule has 1 aromatic carbocycles. The normalized spacial score (nSPS) is 16.2. The van der Waals surface area contributed by atoms with Crippen LogP contribution in [0.4, 0.5) is 0 Å². The minimum Gasteiger partial charge on any atom is -0.328 e. The molecule has 110 valence electrons. The number of pyridine rings is 1. The average Bonchev–Trinajstić information content (AvgIpc) is 2.78. The van der Waals surface area contributed by atoms with E-state index in [4.69, 9.17) is 23.8 Å². The number of carbonyl (C=O) groups excluding carboxylic acids is 1. The number of nitrogens with one attached hydrogen (secondary N) is 1. The van der Waals surface area contributed by atoms with Gasteiger partial charge in [0.15, 0.2) is 5.11 Å². The standard InChI is InChI=1S/C16H12ClN3OS/c17-13-6-2-1-5-12(13)10-20-15(21)14(19-16(20)22)8-11-4-3-7-18-9-11/h1-9H,10H2,(H,19,22)/b14-8-. The molecule has 0 saturated carbocycles. The van der Waals surface area contributed by atoms with Crippen LogP contribution in [-0.4, -0.2) is 20.9 Å². The number of aromatic nitrogens is 1. The van der Waals surface area contributed by atoms with Gasteiger partial charge in [0.25, 0.3) is 5.91 Å². The highest BCUT2D eigenvalue weighted by Gasteiger charge is 2.30. The third kappa shape index (κ3) is 3.00. The Morgan fingerprint density at radius 3 is 2.82 bits per heavy atom. The lowest BCUT2D eigenvalue weighted by atomic mass is 10.2. The van der Waals surface area contributed by atoms with Crippen molar-refractivity contribution in [3.05, 3.63) is 70.6 Å². The smallest absolute Gasteiger partial charge is 0.276 e. The van der Waals surface area contributed by atoms with Crippen molar-refractivity contribution in [2.24, 2.45) is 0 Å². The van der Waals surface area contributed by atoms with Crippen molar-refractivity contribution in [3.63, 3.8) is 0 Å². The highest BCUT2D eigenvalue weighted by Crippen LogP contribution is 2.21. The van der Waals surface area contributed by atoms with Crippen molar-refractivity contribution in [2.75, 3.05) is 0 Å². The number of carbonyl (C=O) groups is 1. The van der Waals surface area contributed by atoms with Crippen LogP contribution < -0.4 is 5.32 Å².